The Bertz CT molecular complexity index is 773. The topological polar surface area (TPSA) is 59.5 Å². The van der Waals surface area contributed by atoms with Crippen LogP contribution < -0.4 is 0 Å². The molecule has 1 aromatic heterocycles. The quantitative estimate of drug-likeness (QED) is 0.814. The second-order valence-electron chi connectivity index (χ2n) is 5.86. The van der Waals surface area contributed by atoms with Gasteiger partial charge in [0.25, 0.3) is 5.91 Å². The van der Waals surface area contributed by atoms with Crippen LogP contribution in [0.2, 0.25) is 0 Å². The third-order valence-electron chi connectivity index (χ3n) is 4.21. The summed E-state index contributed by atoms with van der Waals surface area (Å²) in [6, 6.07) is 10.7. The van der Waals surface area contributed by atoms with Crippen molar-refractivity contribution in [3.05, 3.63) is 65.0 Å². The first kappa shape index (κ1) is 16.2. The summed E-state index contributed by atoms with van der Waals surface area (Å²) in [5.41, 5.74) is 3.46. The van der Waals surface area contributed by atoms with E-state index in [9.17, 15) is 9.59 Å². The summed E-state index contributed by atoms with van der Waals surface area (Å²) in [6.45, 7) is 4.31. The maximum absolute atomic E-state index is 13.0. The van der Waals surface area contributed by atoms with Crippen LogP contribution in [-0.2, 0) is 22.5 Å². The van der Waals surface area contributed by atoms with Gasteiger partial charge < -0.3 is 9.64 Å². The molecule has 5 nitrogen and oxygen atoms in total. The van der Waals surface area contributed by atoms with Gasteiger partial charge in [-0.25, -0.2) is 4.79 Å². The highest BCUT2D eigenvalue weighted by atomic mass is 16.5. The van der Waals surface area contributed by atoms with E-state index < -0.39 is 6.04 Å². The van der Waals surface area contributed by atoms with Crippen LogP contribution in [0.1, 0.15) is 34.1 Å². The lowest BCUT2D eigenvalue weighted by atomic mass is 9.93. The number of ether oxygens (including phenoxy) is 1. The highest BCUT2D eigenvalue weighted by Gasteiger charge is 2.35. The molecule has 124 valence electrons. The van der Waals surface area contributed by atoms with E-state index in [1.54, 1.807) is 30.2 Å². The number of hydrogen-bond acceptors (Lipinski definition) is 4. The minimum Gasteiger partial charge on any atom is -0.464 e. The predicted octanol–water partition coefficient (Wildman–Crippen LogP) is 2.52. The van der Waals surface area contributed by atoms with Crippen molar-refractivity contribution in [3.63, 3.8) is 0 Å². The molecule has 24 heavy (non-hydrogen) atoms. The number of carbonyl (C=O) groups is 2. The minimum atomic E-state index is -0.596. The number of fused-ring (bicyclic) bond motifs is 1. The van der Waals surface area contributed by atoms with Crippen molar-refractivity contribution in [2.45, 2.75) is 32.9 Å². The fraction of sp³-hybridized carbons (Fsp3) is 0.316. The Kier molecular flexibility index (Phi) is 4.60. The maximum Gasteiger partial charge on any atom is 0.329 e. The van der Waals surface area contributed by atoms with Crippen LogP contribution in [0, 0.1) is 6.92 Å². The maximum atomic E-state index is 13.0. The lowest BCUT2D eigenvalue weighted by Crippen LogP contribution is -2.49. The number of carbonyl (C=O) groups excluding carboxylic acids is 2. The average molecular weight is 324 g/mol. The van der Waals surface area contributed by atoms with Crippen molar-refractivity contribution in [2.24, 2.45) is 0 Å². The number of pyridine rings is 1. The third kappa shape index (κ3) is 3.15. The van der Waals surface area contributed by atoms with E-state index in [1.165, 1.54) is 0 Å². The number of nitrogens with zero attached hydrogens (tertiary/aromatic N) is 2. The van der Waals surface area contributed by atoms with Gasteiger partial charge in [0.15, 0.2) is 0 Å². The number of aromatic nitrogens is 1. The number of amides is 1. The van der Waals surface area contributed by atoms with Crippen LogP contribution in [0.3, 0.4) is 0 Å². The lowest BCUT2D eigenvalue weighted by molar-refractivity contribution is -0.149. The Morgan fingerprint density at radius 3 is 2.71 bits per heavy atom. The van der Waals surface area contributed by atoms with E-state index >= 15 is 0 Å². The SMILES string of the molecule is CCOC(=O)C1Cc2ccccc2CN1C(=O)c1ccnc(C)c1. The zero-order valence-corrected chi connectivity index (χ0v) is 13.9. The standard InChI is InChI=1S/C19H20N2O3/c1-3-24-19(23)17-11-14-6-4-5-7-16(14)12-21(17)18(22)15-8-9-20-13(2)10-15/h4-10,17H,3,11-12H2,1-2H3. The Labute approximate surface area is 141 Å². The Morgan fingerprint density at radius 2 is 2.00 bits per heavy atom. The van der Waals surface area contributed by atoms with Gasteiger partial charge in [-0.05, 0) is 37.1 Å². The molecule has 1 unspecified atom stereocenters. The second kappa shape index (κ2) is 6.83. The predicted molar refractivity (Wildman–Crippen MR) is 89.4 cm³/mol. The van der Waals surface area contributed by atoms with Crippen LogP contribution in [-0.4, -0.2) is 34.4 Å². The second-order valence-corrected chi connectivity index (χ2v) is 5.86. The van der Waals surface area contributed by atoms with E-state index in [2.05, 4.69) is 4.98 Å². The van der Waals surface area contributed by atoms with Gasteiger partial charge in [-0.2, -0.15) is 0 Å². The van der Waals surface area contributed by atoms with Crippen molar-refractivity contribution in [1.82, 2.24) is 9.88 Å². The van der Waals surface area contributed by atoms with Crippen molar-refractivity contribution in [2.75, 3.05) is 6.61 Å². The number of aryl methyl sites for hydroxylation is 1. The lowest BCUT2D eigenvalue weighted by Gasteiger charge is -2.35. The minimum absolute atomic E-state index is 0.173. The van der Waals surface area contributed by atoms with E-state index in [4.69, 9.17) is 4.74 Å². The molecule has 0 aliphatic carbocycles. The zero-order valence-electron chi connectivity index (χ0n) is 13.9. The molecule has 0 bridgehead atoms. The largest absolute Gasteiger partial charge is 0.464 e. The van der Waals surface area contributed by atoms with Crippen LogP contribution in [0.5, 0.6) is 0 Å². The molecule has 0 N–H and O–H groups in total. The first-order valence-electron chi connectivity index (χ1n) is 8.07. The van der Waals surface area contributed by atoms with E-state index in [0.717, 1.165) is 16.8 Å². The number of hydrogen-bond donors (Lipinski definition) is 0. The first-order valence-corrected chi connectivity index (χ1v) is 8.07. The molecule has 3 rings (SSSR count). The Balaban J connectivity index is 1.96. The fourth-order valence-corrected chi connectivity index (χ4v) is 3.03. The number of benzene rings is 1. The molecule has 5 heteroatoms. The van der Waals surface area contributed by atoms with Gasteiger partial charge in [-0.1, -0.05) is 24.3 Å². The van der Waals surface area contributed by atoms with Gasteiger partial charge in [-0.3, -0.25) is 9.78 Å². The molecule has 1 amide bonds. The zero-order chi connectivity index (χ0) is 17.1. The summed E-state index contributed by atoms with van der Waals surface area (Å²) in [6.07, 6.45) is 2.09. The molecule has 2 heterocycles. The van der Waals surface area contributed by atoms with Gasteiger partial charge in [0.1, 0.15) is 6.04 Å². The molecule has 2 aromatic rings. The third-order valence-corrected chi connectivity index (χ3v) is 4.21. The summed E-state index contributed by atoms with van der Waals surface area (Å²) in [7, 11) is 0. The van der Waals surface area contributed by atoms with Crippen LogP contribution in [0.25, 0.3) is 0 Å². The normalized spacial score (nSPS) is 16.4. The summed E-state index contributed by atoms with van der Waals surface area (Å²) in [5, 5.41) is 0. The molecule has 0 saturated carbocycles. The molecular weight excluding hydrogens is 304 g/mol. The molecule has 0 saturated heterocycles. The van der Waals surface area contributed by atoms with Crippen molar-refractivity contribution in [1.29, 1.82) is 0 Å². The summed E-state index contributed by atoms with van der Waals surface area (Å²) >= 11 is 0. The first-order chi connectivity index (χ1) is 11.6. The van der Waals surface area contributed by atoms with Crippen molar-refractivity contribution in [3.8, 4) is 0 Å². The van der Waals surface area contributed by atoms with Gasteiger partial charge in [-0.15, -0.1) is 0 Å². The molecule has 0 spiro atoms. The highest BCUT2D eigenvalue weighted by Crippen LogP contribution is 2.25. The monoisotopic (exact) mass is 324 g/mol. The molecule has 1 atom stereocenters. The van der Waals surface area contributed by atoms with Gasteiger partial charge in [0.2, 0.25) is 0 Å². The summed E-state index contributed by atoms with van der Waals surface area (Å²) in [4.78, 5) is 31.1. The average Bonchev–Trinajstić information content (AvgIpc) is 2.60. The van der Waals surface area contributed by atoms with Gasteiger partial charge >= 0.3 is 5.97 Å². The van der Waals surface area contributed by atoms with Crippen LogP contribution in [0.15, 0.2) is 42.6 Å². The van der Waals surface area contributed by atoms with Gasteiger partial charge in [0, 0.05) is 30.4 Å². The molecule has 1 aromatic carbocycles. The van der Waals surface area contributed by atoms with Crippen molar-refractivity contribution >= 4 is 11.9 Å². The fourth-order valence-electron chi connectivity index (χ4n) is 3.03. The van der Waals surface area contributed by atoms with E-state index in [0.29, 0.717) is 25.1 Å². The highest BCUT2D eigenvalue weighted by molar-refractivity contribution is 5.97. The molecule has 1 aliphatic heterocycles. The number of rotatable bonds is 3. The molecule has 0 fully saturated rings. The smallest absolute Gasteiger partial charge is 0.329 e. The molecule has 0 radical (unpaired) electrons. The van der Waals surface area contributed by atoms with Crippen molar-refractivity contribution < 1.29 is 14.3 Å². The number of esters is 1. The van der Waals surface area contributed by atoms with Crippen LogP contribution >= 0.6 is 0 Å². The molecular formula is C19H20N2O3. The van der Waals surface area contributed by atoms with E-state index in [-0.39, 0.29) is 11.9 Å². The Hall–Kier alpha value is -2.69. The summed E-state index contributed by atoms with van der Waals surface area (Å²) in [5.74, 6) is -0.529. The van der Waals surface area contributed by atoms with Crippen LogP contribution in [0.4, 0.5) is 0 Å². The Morgan fingerprint density at radius 1 is 1.25 bits per heavy atom. The molecule has 1 aliphatic rings. The summed E-state index contributed by atoms with van der Waals surface area (Å²) < 4.78 is 5.19. The van der Waals surface area contributed by atoms with Gasteiger partial charge in [0.05, 0.1) is 6.61 Å². The van der Waals surface area contributed by atoms with E-state index in [1.807, 2.05) is 31.2 Å².